The molecule has 0 unspecified atom stereocenters. The number of ether oxygens (including phenoxy) is 6. The summed E-state index contributed by atoms with van der Waals surface area (Å²) in [5.41, 5.74) is 12.5. The van der Waals surface area contributed by atoms with Gasteiger partial charge in [-0.15, -0.1) is 0 Å². The normalized spacial score (nSPS) is 16.0. The zero-order valence-corrected chi connectivity index (χ0v) is 76.0. The standard InChI is InChI=1S/C84H128N8O22S2.C4H10O/c1-17-54(8)76(71(112-15)47-73(98)92-38-22-26-66(92)79(113-16)56(10)67(93)43-55(9)77(99)59-23-19-18-20-24-59)90(11)82(103)65(51(2)3)46-70(96)75(53(6)7)91(12)84(105)114-48-57-27-34-64(35-28-57)88-81(102)62(25-21-37-87-83(86)104)45-69(95)74(52(4)5)89-72(97)36-33-61(80(85)101)44-68(94)58-29-31-60(32-30-58)78(100)63(49-115(106,107)41-39-110-13)50-116(108,109)42-40-111-14;1-3-4-5-2/h18-20,23-24,27-32,34-35,51-56,61-63,65-66,71,74-77,79,99H,17,21-22,25-26,33,36-50H2,1-16H3,(H2,85,101)(H,88,102)(H,89,97)(H3,86,87,104);3-4H2,1-2H3/t54-,55-,56-,61+,62+,65-,66-,71+,74-,75-,76-,77+,79+;/m0./s1. The minimum absolute atomic E-state index is 0.0297. The highest BCUT2D eigenvalue weighted by atomic mass is 32.2. The van der Waals surface area contributed by atoms with E-state index in [1.165, 1.54) is 64.7 Å². The van der Waals surface area contributed by atoms with Crippen molar-refractivity contribution >= 4 is 95.9 Å². The van der Waals surface area contributed by atoms with Gasteiger partial charge in [-0.1, -0.05) is 149 Å². The molecule has 33 heteroatoms. The van der Waals surface area contributed by atoms with Gasteiger partial charge in [0.15, 0.2) is 42.8 Å². The SMILES string of the molecule is CCCOC.CC[C@H](C)[C@@H]([C@@H](CC(=O)N1CCC[C@H]1[C@H](OC)[C@@H](C)C(=O)C[C@H](C)[C@@H](O)c1ccccc1)OC)N(C)C(=O)[C@@H](CC(=O)[C@H](C(C)C)N(C)C(=O)OCc1ccc(NC(=O)[C@H](CCCNC(N)=O)CC(=O)[C@@H](NC(=O)CC[C@H](CC(=O)c2ccc(C(=O)C(CS(=O)(=O)CCOC)CS(=O)(=O)CCOC)cc2)C(N)=O)C(C)C)cc1)C(C)C. The van der Waals surface area contributed by atoms with Crippen molar-refractivity contribution in [3.63, 3.8) is 0 Å². The van der Waals surface area contributed by atoms with Crippen molar-refractivity contribution < 1.29 is 108 Å². The van der Waals surface area contributed by atoms with Crippen molar-refractivity contribution in [2.75, 3.05) is 111 Å². The molecular formula is C88H138N8O23S2. The number of aliphatic hydroxyl groups excluding tert-OH is 1. The molecule has 4 rings (SSSR count). The highest BCUT2D eigenvalue weighted by Crippen LogP contribution is 2.34. The topological polar surface area (TPSA) is 447 Å². The lowest BCUT2D eigenvalue weighted by Crippen LogP contribution is -2.54. The first-order chi connectivity index (χ1) is 57.0. The number of likely N-dealkylation sites (tertiary alicyclic amines) is 1. The highest BCUT2D eigenvalue weighted by Gasteiger charge is 2.45. The van der Waals surface area contributed by atoms with Crippen molar-refractivity contribution in [1.82, 2.24) is 25.3 Å². The minimum Gasteiger partial charge on any atom is -0.445 e. The Morgan fingerprint density at radius 2 is 1.21 bits per heavy atom. The molecule has 8 amide bonds. The van der Waals surface area contributed by atoms with Gasteiger partial charge >= 0.3 is 12.1 Å². The summed E-state index contributed by atoms with van der Waals surface area (Å²) >= 11 is 0. The van der Waals surface area contributed by atoms with Crippen LogP contribution in [0.2, 0.25) is 0 Å². The van der Waals surface area contributed by atoms with E-state index < -0.39 is 180 Å². The zero-order valence-electron chi connectivity index (χ0n) is 74.3. The molecule has 13 atom stereocenters. The largest absolute Gasteiger partial charge is 0.445 e. The van der Waals surface area contributed by atoms with Crippen molar-refractivity contribution in [2.45, 2.75) is 209 Å². The molecule has 31 nitrogen and oxygen atoms in total. The molecule has 3 aromatic rings. The number of nitrogens with zero attached hydrogens (tertiary/aromatic N) is 3. The summed E-state index contributed by atoms with van der Waals surface area (Å²) in [4.78, 5) is 170. The van der Waals surface area contributed by atoms with E-state index in [1.54, 1.807) is 82.8 Å². The average molecular weight is 1740 g/mol. The van der Waals surface area contributed by atoms with Crippen LogP contribution in [-0.2, 0) is 93.1 Å². The first kappa shape index (κ1) is 107. The van der Waals surface area contributed by atoms with Gasteiger partial charge in [-0.05, 0) is 91.4 Å². The van der Waals surface area contributed by atoms with E-state index in [-0.39, 0.29) is 130 Å². The summed E-state index contributed by atoms with van der Waals surface area (Å²) in [5, 5.41) is 19.1. The van der Waals surface area contributed by atoms with Gasteiger partial charge in [-0.25, -0.2) is 26.4 Å². The minimum atomic E-state index is -3.96. The Morgan fingerprint density at radius 3 is 1.71 bits per heavy atom. The molecule has 1 fully saturated rings. The third-order valence-electron chi connectivity index (χ3n) is 22.5. The number of primary amides is 2. The summed E-state index contributed by atoms with van der Waals surface area (Å²) in [6, 6.07) is 16.5. The molecule has 1 aliphatic rings. The number of ketones is 5. The number of hydrogen-bond donors (Lipinski definition) is 6. The molecular weight excluding hydrogens is 1600 g/mol. The molecule has 8 N–H and O–H groups in total. The molecule has 3 aromatic carbocycles. The lowest BCUT2D eigenvalue weighted by Gasteiger charge is -2.41. The van der Waals surface area contributed by atoms with Crippen molar-refractivity contribution in [3.05, 3.63) is 101 Å². The Hall–Kier alpha value is -8.44. The van der Waals surface area contributed by atoms with Crippen molar-refractivity contribution in [1.29, 1.82) is 0 Å². The number of methoxy groups -OCH3 is 5. The van der Waals surface area contributed by atoms with Crippen LogP contribution >= 0.6 is 0 Å². The number of benzene rings is 3. The Morgan fingerprint density at radius 1 is 0.620 bits per heavy atom. The van der Waals surface area contributed by atoms with Gasteiger partial charge in [0.1, 0.15) is 12.4 Å². The van der Waals surface area contributed by atoms with Gasteiger partial charge in [-0.3, -0.25) is 47.9 Å². The number of amides is 8. The monoisotopic (exact) mass is 1740 g/mol. The van der Waals surface area contributed by atoms with E-state index in [2.05, 4.69) is 22.9 Å². The lowest BCUT2D eigenvalue weighted by atomic mass is 9.83. The fraction of sp³-hybridized carbons (Fsp3) is 0.659. The van der Waals surface area contributed by atoms with Crippen molar-refractivity contribution in [2.24, 2.45) is 70.6 Å². The molecule has 0 bridgehead atoms. The number of likely N-dealkylation sites (N-methyl/N-ethyl adjacent to an activating group) is 2. The van der Waals surface area contributed by atoms with E-state index in [0.29, 0.717) is 37.1 Å². The number of nitrogens with one attached hydrogen (secondary N) is 3. The number of Topliss-reactive ketones (excluding diaryl/α,β-unsaturated/α-hetero) is 5. The summed E-state index contributed by atoms with van der Waals surface area (Å²) in [6.07, 6.45) is -1.31. The molecule has 0 saturated carbocycles. The van der Waals surface area contributed by atoms with Crippen LogP contribution in [0.4, 0.5) is 15.3 Å². The van der Waals surface area contributed by atoms with Crippen LogP contribution in [0.15, 0.2) is 78.9 Å². The van der Waals surface area contributed by atoms with Gasteiger partial charge in [0, 0.05) is 142 Å². The van der Waals surface area contributed by atoms with Gasteiger partial charge in [0.05, 0.1) is 91.0 Å². The smallest absolute Gasteiger partial charge is 0.410 e. The molecule has 0 aromatic heterocycles. The summed E-state index contributed by atoms with van der Waals surface area (Å²) in [7, 11) is 2.54. The number of carbonyl (C=O) groups excluding carboxylic acids is 12. The summed E-state index contributed by atoms with van der Waals surface area (Å²) < 4.78 is 83.9. The number of nitrogens with two attached hydrogens (primary N) is 2. The van der Waals surface area contributed by atoms with Crippen LogP contribution in [-0.4, -0.2) is 249 Å². The van der Waals surface area contributed by atoms with Gasteiger partial charge in [-0.2, -0.15) is 0 Å². The maximum Gasteiger partial charge on any atom is 0.410 e. The number of aliphatic hydroxyl groups is 1. The number of anilines is 1. The van der Waals surface area contributed by atoms with Gasteiger partial charge in [0.25, 0.3) is 0 Å². The van der Waals surface area contributed by atoms with E-state index in [4.69, 9.17) is 39.9 Å². The second kappa shape index (κ2) is 53.6. The number of rotatable bonds is 56. The first-order valence-corrected chi connectivity index (χ1v) is 45.5. The lowest BCUT2D eigenvalue weighted by molar-refractivity contribution is -0.149. The van der Waals surface area contributed by atoms with Gasteiger partial charge < -0.3 is 75.6 Å². The Balaban J connectivity index is 0.00000733. The van der Waals surface area contributed by atoms with E-state index in [9.17, 15) is 79.5 Å². The number of carbonyl (C=O) groups is 12. The maximum atomic E-state index is 15.0. The average Bonchev–Trinajstić information content (AvgIpc) is 1.79. The quantitative estimate of drug-likeness (QED) is 0.0227. The second-order valence-corrected chi connectivity index (χ2v) is 37.3. The third-order valence-corrected chi connectivity index (χ3v) is 25.9. The van der Waals surface area contributed by atoms with Gasteiger partial charge in [0.2, 0.25) is 29.5 Å². The molecule has 0 radical (unpaired) electrons. The van der Waals surface area contributed by atoms with Crippen molar-refractivity contribution in [3.8, 4) is 0 Å². The van der Waals surface area contributed by atoms with E-state index in [0.717, 1.165) is 18.6 Å². The highest BCUT2D eigenvalue weighted by molar-refractivity contribution is 7.92. The number of sulfone groups is 2. The molecule has 121 heavy (non-hydrogen) atoms. The molecule has 680 valence electrons. The van der Waals surface area contributed by atoms with Crippen LogP contribution < -0.4 is 27.4 Å². The predicted molar refractivity (Wildman–Crippen MR) is 461 cm³/mol. The predicted octanol–water partition coefficient (Wildman–Crippen LogP) is 8.98. The summed E-state index contributed by atoms with van der Waals surface area (Å²) in [5.74, 6) is -14.4. The fourth-order valence-electron chi connectivity index (χ4n) is 15.2. The van der Waals surface area contributed by atoms with Crippen LogP contribution in [0.5, 0.6) is 0 Å². The first-order valence-electron chi connectivity index (χ1n) is 41.9. The molecule has 1 heterocycles. The molecule has 1 aliphatic heterocycles. The van der Waals surface area contributed by atoms with Crippen LogP contribution in [0, 0.1) is 59.2 Å². The molecule has 1 saturated heterocycles. The Bertz CT molecular complexity index is 4000. The Kier molecular flexibility index (Phi) is 47.3. The van der Waals surface area contributed by atoms with Crippen LogP contribution in [0.3, 0.4) is 0 Å². The third kappa shape index (κ3) is 35.4. The van der Waals surface area contributed by atoms with Crippen LogP contribution in [0.1, 0.15) is 198 Å². The number of urea groups is 1. The number of hydrogen-bond acceptors (Lipinski definition) is 23. The maximum absolute atomic E-state index is 15.0. The summed E-state index contributed by atoms with van der Waals surface area (Å²) in [6.45, 7) is 21.1. The fourth-order valence-corrected chi connectivity index (χ4v) is 18.3. The molecule has 0 aliphatic carbocycles. The van der Waals surface area contributed by atoms with Crippen LogP contribution in [0.25, 0.3) is 0 Å². The zero-order chi connectivity index (χ0) is 91.2. The van der Waals surface area contributed by atoms with E-state index >= 15 is 0 Å². The molecule has 0 spiro atoms. The Labute approximate surface area is 716 Å². The van der Waals surface area contributed by atoms with E-state index in [1.807, 2.05) is 65.0 Å². The second-order valence-electron chi connectivity index (χ2n) is 32.9.